The van der Waals surface area contributed by atoms with Crippen LogP contribution in [0, 0.1) is 6.92 Å². The Balaban J connectivity index is 2.09. The molecule has 0 aliphatic carbocycles. The van der Waals surface area contributed by atoms with Gasteiger partial charge in [0, 0.05) is 0 Å². The molecule has 17 heavy (non-hydrogen) atoms. The maximum atomic E-state index is 11.4. The summed E-state index contributed by atoms with van der Waals surface area (Å²) in [6.07, 6.45) is 0. The summed E-state index contributed by atoms with van der Waals surface area (Å²) in [4.78, 5) is 11.4. The molecule has 0 radical (unpaired) electrons. The van der Waals surface area contributed by atoms with Gasteiger partial charge in [-0.3, -0.25) is 10.1 Å². The SMILES string of the molecule is COC(=O)C1COCC(c2cccc(C)c2)N1. The lowest BCUT2D eigenvalue weighted by Gasteiger charge is -2.29. The highest BCUT2D eigenvalue weighted by Gasteiger charge is 2.28. The van der Waals surface area contributed by atoms with Crippen molar-refractivity contribution in [2.75, 3.05) is 20.3 Å². The second-order valence-corrected chi connectivity index (χ2v) is 4.25. The Labute approximate surface area is 101 Å². The van der Waals surface area contributed by atoms with Crippen molar-refractivity contribution in [3.8, 4) is 0 Å². The van der Waals surface area contributed by atoms with Gasteiger partial charge in [0.05, 0.1) is 26.4 Å². The van der Waals surface area contributed by atoms with Crippen molar-refractivity contribution in [2.24, 2.45) is 0 Å². The molecule has 0 amide bonds. The van der Waals surface area contributed by atoms with Crippen LogP contribution in [0.2, 0.25) is 0 Å². The molecule has 0 saturated carbocycles. The Hall–Kier alpha value is -1.39. The molecule has 1 fully saturated rings. The zero-order valence-electron chi connectivity index (χ0n) is 10.1. The number of morpholine rings is 1. The normalized spacial score (nSPS) is 24.4. The van der Waals surface area contributed by atoms with Crippen LogP contribution in [0.15, 0.2) is 24.3 Å². The van der Waals surface area contributed by atoms with Gasteiger partial charge in [0.1, 0.15) is 6.04 Å². The average Bonchev–Trinajstić information content (AvgIpc) is 2.38. The van der Waals surface area contributed by atoms with E-state index in [0.29, 0.717) is 13.2 Å². The average molecular weight is 235 g/mol. The Morgan fingerprint density at radius 3 is 3.00 bits per heavy atom. The van der Waals surface area contributed by atoms with E-state index in [4.69, 9.17) is 9.47 Å². The quantitative estimate of drug-likeness (QED) is 0.782. The Bertz CT molecular complexity index is 405. The zero-order chi connectivity index (χ0) is 12.3. The first kappa shape index (κ1) is 12.1. The van der Waals surface area contributed by atoms with E-state index in [1.165, 1.54) is 12.7 Å². The minimum absolute atomic E-state index is 0.0488. The van der Waals surface area contributed by atoms with E-state index in [1.54, 1.807) is 0 Å². The van der Waals surface area contributed by atoms with Crippen LogP contribution in [0.25, 0.3) is 0 Å². The topological polar surface area (TPSA) is 47.6 Å². The molecule has 4 nitrogen and oxygen atoms in total. The molecule has 2 rings (SSSR count). The lowest BCUT2D eigenvalue weighted by Crippen LogP contribution is -2.48. The van der Waals surface area contributed by atoms with Crippen LogP contribution in [-0.2, 0) is 14.3 Å². The van der Waals surface area contributed by atoms with Crippen molar-refractivity contribution < 1.29 is 14.3 Å². The second-order valence-electron chi connectivity index (χ2n) is 4.25. The summed E-state index contributed by atoms with van der Waals surface area (Å²) in [5.74, 6) is -0.276. The Kier molecular flexibility index (Phi) is 3.76. The minimum atomic E-state index is -0.376. The molecule has 0 aromatic heterocycles. The number of ether oxygens (including phenoxy) is 2. The molecular formula is C13H17NO3. The maximum absolute atomic E-state index is 11.4. The van der Waals surface area contributed by atoms with Crippen LogP contribution in [-0.4, -0.2) is 32.3 Å². The predicted octanol–water partition coefficient (Wildman–Crippen LogP) is 1.20. The van der Waals surface area contributed by atoms with Gasteiger partial charge in [-0.2, -0.15) is 0 Å². The molecule has 2 unspecified atom stereocenters. The highest BCUT2D eigenvalue weighted by Crippen LogP contribution is 2.19. The molecule has 92 valence electrons. The number of rotatable bonds is 2. The van der Waals surface area contributed by atoms with E-state index in [0.717, 1.165) is 5.56 Å². The third-order valence-electron chi connectivity index (χ3n) is 2.90. The number of benzene rings is 1. The van der Waals surface area contributed by atoms with Gasteiger partial charge < -0.3 is 9.47 Å². The van der Waals surface area contributed by atoms with Gasteiger partial charge in [0.15, 0.2) is 0 Å². The fourth-order valence-electron chi connectivity index (χ4n) is 2.00. The molecule has 1 N–H and O–H groups in total. The molecule has 1 aromatic rings. The minimum Gasteiger partial charge on any atom is -0.468 e. The molecule has 1 aliphatic rings. The van der Waals surface area contributed by atoms with Crippen LogP contribution in [0.1, 0.15) is 17.2 Å². The van der Waals surface area contributed by atoms with Crippen LogP contribution >= 0.6 is 0 Å². The molecular weight excluding hydrogens is 218 g/mol. The first-order valence-electron chi connectivity index (χ1n) is 5.69. The third kappa shape index (κ3) is 2.84. The van der Waals surface area contributed by atoms with E-state index in [-0.39, 0.29) is 18.1 Å². The fraction of sp³-hybridized carbons (Fsp3) is 0.462. The summed E-state index contributed by atoms with van der Waals surface area (Å²) in [6.45, 7) is 3.00. The van der Waals surface area contributed by atoms with Gasteiger partial charge in [-0.1, -0.05) is 29.8 Å². The number of carbonyl (C=O) groups excluding carboxylic acids is 1. The van der Waals surface area contributed by atoms with Gasteiger partial charge in [0.2, 0.25) is 0 Å². The van der Waals surface area contributed by atoms with Gasteiger partial charge in [-0.25, -0.2) is 0 Å². The summed E-state index contributed by atoms with van der Waals surface area (Å²) in [5, 5.41) is 3.25. The van der Waals surface area contributed by atoms with E-state index < -0.39 is 0 Å². The van der Waals surface area contributed by atoms with Crippen LogP contribution in [0.4, 0.5) is 0 Å². The van der Waals surface area contributed by atoms with Crippen molar-refractivity contribution in [1.82, 2.24) is 5.32 Å². The number of hydrogen-bond donors (Lipinski definition) is 1. The van der Waals surface area contributed by atoms with Crippen molar-refractivity contribution in [2.45, 2.75) is 19.0 Å². The van der Waals surface area contributed by atoms with E-state index in [9.17, 15) is 4.79 Å². The van der Waals surface area contributed by atoms with Crippen LogP contribution in [0.3, 0.4) is 0 Å². The third-order valence-corrected chi connectivity index (χ3v) is 2.90. The number of carbonyl (C=O) groups is 1. The number of esters is 1. The summed E-state index contributed by atoms with van der Waals surface area (Å²) in [7, 11) is 1.39. The highest BCUT2D eigenvalue weighted by molar-refractivity contribution is 5.76. The lowest BCUT2D eigenvalue weighted by atomic mass is 10.0. The Morgan fingerprint density at radius 1 is 1.47 bits per heavy atom. The molecule has 1 aromatic carbocycles. The summed E-state index contributed by atoms with van der Waals surface area (Å²) in [5.41, 5.74) is 2.34. The molecule has 0 spiro atoms. The molecule has 2 atom stereocenters. The first-order valence-corrected chi connectivity index (χ1v) is 5.69. The standard InChI is InChI=1S/C13H17NO3/c1-9-4-3-5-10(6-9)11-7-17-8-12(14-11)13(15)16-2/h3-6,11-12,14H,7-8H2,1-2H3. The van der Waals surface area contributed by atoms with Crippen LogP contribution in [0.5, 0.6) is 0 Å². The van der Waals surface area contributed by atoms with Gasteiger partial charge in [-0.15, -0.1) is 0 Å². The number of hydrogen-bond acceptors (Lipinski definition) is 4. The summed E-state index contributed by atoms with van der Waals surface area (Å²) in [6, 6.07) is 7.86. The maximum Gasteiger partial charge on any atom is 0.325 e. The smallest absolute Gasteiger partial charge is 0.325 e. The largest absolute Gasteiger partial charge is 0.468 e. The van der Waals surface area contributed by atoms with Crippen molar-refractivity contribution >= 4 is 5.97 Å². The number of methoxy groups -OCH3 is 1. The van der Waals surface area contributed by atoms with Gasteiger partial charge in [-0.05, 0) is 12.5 Å². The lowest BCUT2D eigenvalue weighted by molar-refractivity contribution is -0.147. The monoisotopic (exact) mass is 235 g/mol. The van der Waals surface area contributed by atoms with Crippen molar-refractivity contribution in [1.29, 1.82) is 0 Å². The van der Waals surface area contributed by atoms with Crippen LogP contribution < -0.4 is 5.32 Å². The molecule has 4 heteroatoms. The second kappa shape index (κ2) is 5.29. The molecule has 0 bridgehead atoms. The van der Waals surface area contributed by atoms with E-state index in [2.05, 4.69) is 11.4 Å². The van der Waals surface area contributed by atoms with Gasteiger partial charge >= 0.3 is 5.97 Å². The fourth-order valence-corrected chi connectivity index (χ4v) is 2.00. The molecule has 1 aliphatic heterocycles. The van der Waals surface area contributed by atoms with E-state index in [1.807, 2.05) is 25.1 Å². The summed E-state index contributed by atoms with van der Waals surface area (Å²) >= 11 is 0. The number of aryl methyl sites for hydroxylation is 1. The Morgan fingerprint density at radius 2 is 2.29 bits per heavy atom. The number of nitrogens with one attached hydrogen (secondary N) is 1. The first-order chi connectivity index (χ1) is 8.20. The van der Waals surface area contributed by atoms with Crippen molar-refractivity contribution in [3.63, 3.8) is 0 Å². The zero-order valence-corrected chi connectivity index (χ0v) is 10.1. The molecule has 1 saturated heterocycles. The highest BCUT2D eigenvalue weighted by atomic mass is 16.5. The molecule has 1 heterocycles. The van der Waals surface area contributed by atoms with Gasteiger partial charge in [0.25, 0.3) is 0 Å². The van der Waals surface area contributed by atoms with E-state index >= 15 is 0 Å². The summed E-state index contributed by atoms with van der Waals surface area (Å²) < 4.78 is 10.2. The predicted molar refractivity (Wildman–Crippen MR) is 63.7 cm³/mol. The van der Waals surface area contributed by atoms with Crippen molar-refractivity contribution in [3.05, 3.63) is 35.4 Å².